The number of aryl methyl sites for hydroxylation is 1. The molecular formula is C20H22N2O3. The van der Waals surface area contributed by atoms with Crippen molar-refractivity contribution in [1.29, 1.82) is 0 Å². The van der Waals surface area contributed by atoms with E-state index in [0.717, 1.165) is 5.56 Å². The van der Waals surface area contributed by atoms with Crippen molar-refractivity contribution in [3.63, 3.8) is 0 Å². The first-order valence-corrected chi connectivity index (χ1v) is 8.35. The molecule has 0 spiro atoms. The van der Waals surface area contributed by atoms with Gasteiger partial charge in [0.2, 0.25) is 11.8 Å². The number of rotatable bonds is 6. The summed E-state index contributed by atoms with van der Waals surface area (Å²) in [5.41, 5.74) is 2.92. The quantitative estimate of drug-likeness (QED) is 0.851. The molecule has 130 valence electrons. The van der Waals surface area contributed by atoms with Gasteiger partial charge in [-0.15, -0.1) is 0 Å². The van der Waals surface area contributed by atoms with Crippen molar-refractivity contribution in [3.8, 4) is 5.75 Å². The van der Waals surface area contributed by atoms with Crippen molar-refractivity contribution < 1.29 is 14.3 Å². The number of methoxy groups -OCH3 is 1. The molecule has 1 saturated carbocycles. The predicted molar refractivity (Wildman–Crippen MR) is 96.2 cm³/mol. The highest BCUT2D eigenvalue weighted by Gasteiger charge is 2.47. The molecule has 1 aliphatic rings. The number of amides is 2. The minimum Gasteiger partial charge on any atom is -0.497 e. The Bertz CT molecular complexity index is 771. The average molecular weight is 338 g/mol. The maximum Gasteiger partial charge on any atom is 0.228 e. The van der Waals surface area contributed by atoms with E-state index in [-0.39, 0.29) is 23.7 Å². The summed E-state index contributed by atoms with van der Waals surface area (Å²) in [6, 6.07) is 15.2. The maximum absolute atomic E-state index is 12.3. The van der Waals surface area contributed by atoms with Crippen molar-refractivity contribution in [3.05, 3.63) is 59.7 Å². The zero-order chi connectivity index (χ0) is 17.8. The van der Waals surface area contributed by atoms with Crippen LogP contribution in [0.5, 0.6) is 5.75 Å². The van der Waals surface area contributed by atoms with Crippen LogP contribution in [0.4, 0.5) is 5.69 Å². The van der Waals surface area contributed by atoms with Gasteiger partial charge in [-0.05, 0) is 31.0 Å². The molecule has 2 N–H and O–H groups in total. The van der Waals surface area contributed by atoms with E-state index in [1.54, 1.807) is 19.2 Å². The Kier molecular flexibility index (Phi) is 5.03. The fourth-order valence-corrected chi connectivity index (χ4v) is 2.74. The van der Waals surface area contributed by atoms with Gasteiger partial charge < -0.3 is 15.4 Å². The molecule has 2 amide bonds. The van der Waals surface area contributed by atoms with Crippen LogP contribution in [0.25, 0.3) is 0 Å². The summed E-state index contributed by atoms with van der Waals surface area (Å²) in [6.07, 6.45) is 0.593. The summed E-state index contributed by atoms with van der Waals surface area (Å²) >= 11 is 0. The Morgan fingerprint density at radius 1 is 1.08 bits per heavy atom. The lowest BCUT2D eigenvalue weighted by atomic mass is 10.1. The van der Waals surface area contributed by atoms with Crippen LogP contribution in [0, 0.1) is 18.8 Å². The van der Waals surface area contributed by atoms with Crippen LogP contribution >= 0.6 is 0 Å². The summed E-state index contributed by atoms with van der Waals surface area (Å²) in [4.78, 5) is 24.5. The van der Waals surface area contributed by atoms with Crippen LogP contribution in [0.15, 0.2) is 48.5 Å². The number of nitrogens with one attached hydrogen (secondary N) is 2. The average Bonchev–Trinajstić information content (AvgIpc) is 3.42. The first-order valence-electron chi connectivity index (χ1n) is 8.35. The molecule has 0 radical (unpaired) electrons. The first-order chi connectivity index (χ1) is 12.1. The fraction of sp³-hybridized carbons (Fsp3) is 0.300. The zero-order valence-electron chi connectivity index (χ0n) is 14.4. The van der Waals surface area contributed by atoms with E-state index >= 15 is 0 Å². The third kappa shape index (κ3) is 4.38. The topological polar surface area (TPSA) is 67.4 Å². The molecular weight excluding hydrogens is 316 g/mol. The summed E-state index contributed by atoms with van der Waals surface area (Å²) in [7, 11) is 1.58. The molecule has 2 aromatic rings. The van der Waals surface area contributed by atoms with Crippen LogP contribution in [0.2, 0.25) is 0 Å². The second kappa shape index (κ2) is 7.38. The van der Waals surface area contributed by atoms with Gasteiger partial charge in [-0.25, -0.2) is 0 Å². The van der Waals surface area contributed by atoms with Gasteiger partial charge in [0.1, 0.15) is 5.75 Å². The minimum atomic E-state index is -0.260. The largest absolute Gasteiger partial charge is 0.497 e. The number of carbonyl (C=O) groups is 2. The van der Waals surface area contributed by atoms with Gasteiger partial charge in [0.15, 0.2) is 0 Å². The molecule has 0 aliphatic heterocycles. The Balaban J connectivity index is 1.48. The molecule has 2 unspecified atom stereocenters. The van der Waals surface area contributed by atoms with Gasteiger partial charge in [-0.3, -0.25) is 9.59 Å². The Morgan fingerprint density at radius 2 is 1.80 bits per heavy atom. The summed E-state index contributed by atoms with van der Waals surface area (Å²) in [6.45, 7) is 2.51. The maximum atomic E-state index is 12.3. The SMILES string of the molecule is COc1cccc(NC(=O)C2CC2C(=O)NCc2ccc(C)cc2)c1. The van der Waals surface area contributed by atoms with Crippen molar-refractivity contribution in [2.24, 2.45) is 11.8 Å². The molecule has 1 fully saturated rings. The summed E-state index contributed by atoms with van der Waals surface area (Å²) in [5, 5.41) is 5.75. The van der Waals surface area contributed by atoms with Crippen LogP contribution in [-0.4, -0.2) is 18.9 Å². The highest BCUT2D eigenvalue weighted by Crippen LogP contribution is 2.39. The monoisotopic (exact) mass is 338 g/mol. The second-order valence-corrected chi connectivity index (χ2v) is 6.37. The van der Waals surface area contributed by atoms with E-state index < -0.39 is 0 Å². The van der Waals surface area contributed by atoms with Crippen molar-refractivity contribution in [2.75, 3.05) is 12.4 Å². The van der Waals surface area contributed by atoms with Crippen LogP contribution in [0.3, 0.4) is 0 Å². The molecule has 5 nitrogen and oxygen atoms in total. The molecule has 2 aromatic carbocycles. The third-order valence-corrected chi connectivity index (χ3v) is 4.39. The fourth-order valence-electron chi connectivity index (χ4n) is 2.74. The molecule has 25 heavy (non-hydrogen) atoms. The van der Waals surface area contributed by atoms with Gasteiger partial charge in [-0.1, -0.05) is 35.9 Å². The van der Waals surface area contributed by atoms with E-state index in [0.29, 0.717) is 24.4 Å². The van der Waals surface area contributed by atoms with Crippen LogP contribution < -0.4 is 15.4 Å². The van der Waals surface area contributed by atoms with Crippen molar-refractivity contribution in [1.82, 2.24) is 5.32 Å². The lowest BCUT2D eigenvalue weighted by Gasteiger charge is -2.07. The summed E-state index contributed by atoms with van der Waals surface area (Å²) in [5.74, 6) is -0.00336. The zero-order valence-corrected chi connectivity index (χ0v) is 14.4. The number of benzene rings is 2. The molecule has 0 bridgehead atoms. The van der Waals surface area contributed by atoms with Crippen molar-refractivity contribution in [2.45, 2.75) is 19.9 Å². The molecule has 5 heteroatoms. The lowest BCUT2D eigenvalue weighted by Crippen LogP contribution is -2.27. The Labute approximate surface area is 147 Å². The van der Waals surface area contributed by atoms with Crippen LogP contribution in [0.1, 0.15) is 17.5 Å². The first kappa shape index (κ1) is 17.0. The van der Waals surface area contributed by atoms with Gasteiger partial charge in [0.05, 0.1) is 18.9 Å². The number of anilines is 1. The third-order valence-electron chi connectivity index (χ3n) is 4.39. The molecule has 0 saturated heterocycles. The highest BCUT2D eigenvalue weighted by molar-refractivity contribution is 5.99. The van der Waals surface area contributed by atoms with E-state index in [1.165, 1.54) is 5.56 Å². The lowest BCUT2D eigenvalue weighted by molar-refractivity contribution is -0.125. The molecule has 0 heterocycles. The Morgan fingerprint density at radius 3 is 2.52 bits per heavy atom. The van der Waals surface area contributed by atoms with Gasteiger partial charge in [0, 0.05) is 18.3 Å². The number of ether oxygens (including phenoxy) is 1. The molecule has 0 aromatic heterocycles. The van der Waals surface area contributed by atoms with E-state index in [9.17, 15) is 9.59 Å². The highest BCUT2D eigenvalue weighted by atomic mass is 16.5. The van der Waals surface area contributed by atoms with E-state index in [1.807, 2.05) is 43.3 Å². The van der Waals surface area contributed by atoms with Crippen LogP contribution in [-0.2, 0) is 16.1 Å². The van der Waals surface area contributed by atoms with Gasteiger partial charge >= 0.3 is 0 Å². The predicted octanol–water partition coefficient (Wildman–Crippen LogP) is 2.89. The second-order valence-electron chi connectivity index (χ2n) is 6.37. The summed E-state index contributed by atoms with van der Waals surface area (Å²) < 4.78 is 5.14. The minimum absolute atomic E-state index is 0.0635. The van der Waals surface area contributed by atoms with Gasteiger partial charge in [0.25, 0.3) is 0 Å². The standard InChI is InChI=1S/C20H22N2O3/c1-13-6-8-14(9-7-13)12-21-19(23)17-11-18(17)20(24)22-15-4-3-5-16(10-15)25-2/h3-10,17-18H,11-12H2,1-2H3,(H,21,23)(H,22,24). The smallest absolute Gasteiger partial charge is 0.228 e. The van der Waals surface area contributed by atoms with Crippen molar-refractivity contribution >= 4 is 17.5 Å². The number of carbonyl (C=O) groups excluding carboxylic acids is 2. The Hall–Kier alpha value is -2.82. The van der Waals surface area contributed by atoms with Gasteiger partial charge in [-0.2, -0.15) is 0 Å². The number of hydrogen-bond donors (Lipinski definition) is 2. The molecule has 1 aliphatic carbocycles. The normalized spacial score (nSPS) is 18.3. The number of hydrogen-bond acceptors (Lipinski definition) is 3. The molecule has 3 rings (SSSR count). The van der Waals surface area contributed by atoms with E-state index in [4.69, 9.17) is 4.74 Å². The molecule has 2 atom stereocenters. The van der Waals surface area contributed by atoms with E-state index in [2.05, 4.69) is 10.6 Å².